The molecule has 0 saturated heterocycles. The van der Waals surface area contributed by atoms with Gasteiger partial charge in [-0.3, -0.25) is 9.59 Å². The summed E-state index contributed by atoms with van der Waals surface area (Å²) in [7, 11) is 0. The number of halogens is 2. The van der Waals surface area contributed by atoms with E-state index in [0.717, 1.165) is 0 Å². The van der Waals surface area contributed by atoms with E-state index in [0.29, 0.717) is 6.42 Å². The fraction of sp³-hybridized carbons (Fsp3) is 0.300. The first-order chi connectivity index (χ1) is 13.3. The topological polar surface area (TPSA) is 109 Å². The number of carbonyl (C=O) groups excluding carboxylic acids is 2. The third-order valence-electron chi connectivity index (χ3n) is 4.27. The highest BCUT2D eigenvalue weighted by Crippen LogP contribution is 2.30. The standard InChI is InChI=1S/C20H20ClFN4O2.2H2/c1-3-16(26-11(2)8-17(24)27)14-6-7-15(21)18(19(14)22)20(28)12-4-5-13(9-23)25-10-12;;/h4-7,10-11,16,26H,3,8H2,1-2H3,(H2,24,27);2*1H/t11-,16-;;/m1../s1. The molecule has 0 unspecified atom stereocenters. The van der Waals surface area contributed by atoms with Crippen molar-refractivity contribution in [3.63, 3.8) is 0 Å². The van der Waals surface area contributed by atoms with Crippen molar-refractivity contribution in [3.05, 3.63) is 63.7 Å². The van der Waals surface area contributed by atoms with Crippen LogP contribution in [0.15, 0.2) is 30.5 Å². The summed E-state index contributed by atoms with van der Waals surface area (Å²) in [6.45, 7) is 3.63. The Morgan fingerprint density at radius 2 is 2.11 bits per heavy atom. The Labute approximate surface area is 170 Å². The zero-order valence-corrected chi connectivity index (χ0v) is 16.3. The molecule has 0 bridgehead atoms. The first-order valence-corrected chi connectivity index (χ1v) is 9.09. The van der Waals surface area contributed by atoms with Gasteiger partial charge in [0.1, 0.15) is 17.6 Å². The maximum absolute atomic E-state index is 15.3. The zero-order valence-electron chi connectivity index (χ0n) is 15.5. The minimum atomic E-state index is -0.729. The molecule has 2 aromatic rings. The molecule has 2 atom stereocenters. The second kappa shape index (κ2) is 9.40. The van der Waals surface area contributed by atoms with Crippen LogP contribution >= 0.6 is 11.6 Å². The lowest BCUT2D eigenvalue weighted by Crippen LogP contribution is -2.34. The number of nitrogens with two attached hydrogens (primary N) is 1. The highest BCUT2D eigenvalue weighted by atomic mass is 35.5. The number of pyridine rings is 1. The molecule has 0 radical (unpaired) electrons. The number of amides is 1. The molecule has 28 heavy (non-hydrogen) atoms. The van der Waals surface area contributed by atoms with Gasteiger partial charge in [-0.2, -0.15) is 5.26 Å². The fourth-order valence-electron chi connectivity index (χ4n) is 2.92. The average molecular weight is 407 g/mol. The SMILES string of the molecule is CC[C@@H](N[C@H](C)CC(N)=O)c1ccc(Cl)c(C(=O)c2ccc(C#N)nc2)c1F.[HH].[HH]. The molecule has 0 aliphatic heterocycles. The molecule has 1 amide bonds. The molecule has 8 heteroatoms. The number of hydrogen-bond donors (Lipinski definition) is 2. The molecule has 0 aliphatic carbocycles. The van der Waals surface area contributed by atoms with E-state index in [4.69, 9.17) is 22.6 Å². The van der Waals surface area contributed by atoms with Crippen molar-refractivity contribution in [2.24, 2.45) is 5.73 Å². The fourth-order valence-corrected chi connectivity index (χ4v) is 3.15. The lowest BCUT2D eigenvalue weighted by molar-refractivity contribution is -0.118. The summed E-state index contributed by atoms with van der Waals surface area (Å²) in [5.74, 6) is -1.82. The van der Waals surface area contributed by atoms with Crippen molar-refractivity contribution in [2.75, 3.05) is 0 Å². The minimum absolute atomic E-state index is 0. The van der Waals surface area contributed by atoms with Gasteiger partial charge in [-0.15, -0.1) is 0 Å². The average Bonchev–Trinajstić information content (AvgIpc) is 2.66. The van der Waals surface area contributed by atoms with E-state index >= 15 is 4.39 Å². The van der Waals surface area contributed by atoms with Crippen molar-refractivity contribution in [3.8, 4) is 6.07 Å². The van der Waals surface area contributed by atoms with Crippen molar-refractivity contribution in [1.29, 1.82) is 5.26 Å². The number of nitrogens with one attached hydrogen (secondary N) is 1. The van der Waals surface area contributed by atoms with Crippen LogP contribution < -0.4 is 11.1 Å². The normalized spacial score (nSPS) is 12.8. The predicted octanol–water partition coefficient (Wildman–Crippen LogP) is 3.77. The van der Waals surface area contributed by atoms with Crippen molar-refractivity contribution < 1.29 is 16.8 Å². The second-order valence-corrected chi connectivity index (χ2v) is 6.80. The first-order valence-electron chi connectivity index (χ1n) is 8.71. The summed E-state index contributed by atoms with van der Waals surface area (Å²) < 4.78 is 15.3. The monoisotopic (exact) mass is 406 g/mol. The van der Waals surface area contributed by atoms with Gasteiger partial charge in [-0.25, -0.2) is 9.37 Å². The molecule has 2 rings (SSSR count). The number of carbonyl (C=O) groups is 2. The van der Waals surface area contributed by atoms with Gasteiger partial charge in [0.2, 0.25) is 5.91 Å². The van der Waals surface area contributed by atoms with Crippen LogP contribution in [0.5, 0.6) is 0 Å². The van der Waals surface area contributed by atoms with Crippen LogP contribution in [0.3, 0.4) is 0 Å². The van der Waals surface area contributed by atoms with Gasteiger partial charge >= 0.3 is 0 Å². The van der Waals surface area contributed by atoms with Crippen LogP contribution in [0.2, 0.25) is 5.02 Å². The third kappa shape index (κ3) is 4.91. The molecule has 3 N–H and O–H groups in total. The summed E-state index contributed by atoms with van der Waals surface area (Å²) >= 11 is 6.11. The van der Waals surface area contributed by atoms with E-state index in [-0.39, 0.29) is 42.7 Å². The maximum Gasteiger partial charge on any atom is 0.218 e. The zero-order chi connectivity index (χ0) is 20.8. The van der Waals surface area contributed by atoms with Gasteiger partial charge in [0.25, 0.3) is 0 Å². The number of aromatic nitrogens is 1. The first kappa shape index (κ1) is 21.5. The van der Waals surface area contributed by atoms with Crippen LogP contribution in [0, 0.1) is 17.1 Å². The molecular formula is C20H24ClFN4O2. The van der Waals surface area contributed by atoms with E-state index in [2.05, 4.69) is 10.3 Å². The summed E-state index contributed by atoms with van der Waals surface area (Å²) in [4.78, 5) is 27.7. The number of nitrogens with zero attached hydrogens (tertiary/aromatic N) is 2. The highest BCUT2D eigenvalue weighted by Gasteiger charge is 2.25. The number of primary amides is 1. The van der Waals surface area contributed by atoms with E-state index in [1.54, 1.807) is 6.92 Å². The van der Waals surface area contributed by atoms with Crippen LogP contribution in [0.4, 0.5) is 4.39 Å². The minimum Gasteiger partial charge on any atom is -0.370 e. The summed E-state index contributed by atoms with van der Waals surface area (Å²) in [5, 5.41) is 11.9. The molecule has 1 aromatic heterocycles. The van der Waals surface area contributed by atoms with E-state index in [9.17, 15) is 9.59 Å². The molecule has 150 valence electrons. The van der Waals surface area contributed by atoms with Gasteiger partial charge in [0.15, 0.2) is 5.78 Å². The molecule has 1 heterocycles. The molecule has 0 saturated carbocycles. The molecule has 0 spiro atoms. The number of ketones is 1. The number of benzene rings is 1. The van der Waals surface area contributed by atoms with Crippen molar-refractivity contribution in [1.82, 2.24) is 10.3 Å². The van der Waals surface area contributed by atoms with E-state index in [1.165, 1.54) is 30.5 Å². The smallest absolute Gasteiger partial charge is 0.218 e. The van der Waals surface area contributed by atoms with Gasteiger partial charge in [-0.05, 0) is 31.5 Å². The summed E-state index contributed by atoms with van der Waals surface area (Å²) in [5.41, 5.74) is 5.50. The third-order valence-corrected chi connectivity index (χ3v) is 4.58. The lowest BCUT2D eigenvalue weighted by Gasteiger charge is -2.23. The number of rotatable bonds is 8. The Bertz CT molecular complexity index is 936. The summed E-state index contributed by atoms with van der Waals surface area (Å²) in [6.07, 6.45) is 1.84. The molecular weight excluding hydrogens is 383 g/mol. The quantitative estimate of drug-likeness (QED) is 0.648. The predicted molar refractivity (Wildman–Crippen MR) is 107 cm³/mol. The molecule has 0 fully saturated rings. The lowest BCUT2D eigenvalue weighted by atomic mass is 9.96. The van der Waals surface area contributed by atoms with Gasteiger partial charge < -0.3 is 11.1 Å². The largest absolute Gasteiger partial charge is 0.370 e. The van der Waals surface area contributed by atoms with Crippen LogP contribution in [-0.4, -0.2) is 22.7 Å². The van der Waals surface area contributed by atoms with Crippen LogP contribution in [0.1, 0.15) is 62.8 Å². The maximum atomic E-state index is 15.3. The molecule has 1 aromatic carbocycles. The Morgan fingerprint density at radius 3 is 2.64 bits per heavy atom. The van der Waals surface area contributed by atoms with Gasteiger partial charge in [0, 0.05) is 38.7 Å². The van der Waals surface area contributed by atoms with E-state index < -0.39 is 23.5 Å². The Hall–Kier alpha value is -2.82. The van der Waals surface area contributed by atoms with Crippen LogP contribution in [-0.2, 0) is 4.79 Å². The van der Waals surface area contributed by atoms with Crippen molar-refractivity contribution in [2.45, 2.75) is 38.8 Å². The van der Waals surface area contributed by atoms with Crippen LogP contribution in [0.25, 0.3) is 0 Å². The number of nitriles is 1. The van der Waals surface area contributed by atoms with Gasteiger partial charge in [-0.1, -0.05) is 24.6 Å². The van der Waals surface area contributed by atoms with Gasteiger partial charge in [0.05, 0.1) is 10.6 Å². The highest BCUT2D eigenvalue weighted by molar-refractivity contribution is 6.35. The molecule has 6 nitrogen and oxygen atoms in total. The Balaban J connectivity index is 0.00000420. The Morgan fingerprint density at radius 1 is 1.39 bits per heavy atom. The Kier molecular flexibility index (Phi) is 7.21. The van der Waals surface area contributed by atoms with Crippen molar-refractivity contribution >= 4 is 23.3 Å². The molecule has 0 aliphatic rings. The summed E-state index contributed by atoms with van der Waals surface area (Å²) in [6, 6.07) is 6.92. The van der Waals surface area contributed by atoms with E-state index in [1.807, 2.05) is 13.0 Å². The second-order valence-electron chi connectivity index (χ2n) is 6.40. The number of hydrogen-bond acceptors (Lipinski definition) is 5.